The van der Waals surface area contributed by atoms with Gasteiger partial charge in [0.05, 0.1) is 13.2 Å². The second-order valence-corrected chi connectivity index (χ2v) is 9.44. The quantitative estimate of drug-likeness (QED) is 0.275. The van der Waals surface area contributed by atoms with Gasteiger partial charge in [-0.05, 0) is 45.9 Å². The van der Waals surface area contributed by atoms with E-state index in [0.717, 1.165) is 17.1 Å². The summed E-state index contributed by atoms with van der Waals surface area (Å²) in [5, 5.41) is 3.48. The second kappa shape index (κ2) is 9.54. The van der Waals surface area contributed by atoms with Gasteiger partial charge in [-0.2, -0.15) is 0 Å². The topological polar surface area (TPSA) is 90.8 Å². The van der Waals surface area contributed by atoms with Gasteiger partial charge in [-0.15, -0.1) is 0 Å². The number of pyridine rings is 1. The first-order chi connectivity index (χ1) is 16.2. The molecule has 1 aliphatic rings. The molecule has 0 spiro atoms. The Hall–Kier alpha value is -3.26. The van der Waals surface area contributed by atoms with Crippen molar-refractivity contribution in [2.24, 2.45) is 0 Å². The fourth-order valence-electron chi connectivity index (χ4n) is 3.79. The minimum atomic E-state index is -0.373. The lowest BCUT2D eigenvalue weighted by Gasteiger charge is -2.23. The van der Waals surface area contributed by atoms with E-state index >= 15 is 0 Å². The van der Waals surface area contributed by atoms with Gasteiger partial charge in [0, 0.05) is 18.5 Å². The van der Waals surface area contributed by atoms with Gasteiger partial charge in [-0.25, -0.2) is 9.97 Å². The first kappa shape index (κ1) is 23.9. The highest BCUT2D eigenvalue weighted by Gasteiger charge is 2.26. The number of hydrogen-bond acceptors (Lipinski definition) is 7. The van der Waals surface area contributed by atoms with E-state index in [1.165, 1.54) is 0 Å². The Kier molecular flexibility index (Phi) is 6.70. The van der Waals surface area contributed by atoms with Crippen LogP contribution in [-0.2, 0) is 9.47 Å². The van der Waals surface area contributed by atoms with Crippen LogP contribution in [0.25, 0.3) is 11.2 Å². The average molecular weight is 485 g/mol. The third-order valence-corrected chi connectivity index (χ3v) is 5.56. The van der Waals surface area contributed by atoms with Gasteiger partial charge in [-0.1, -0.05) is 29.8 Å². The Morgan fingerprint density at radius 1 is 1.24 bits per heavy atom. The van der Waals surface area contributed by atoms with Crippen LogP contribution >= 0.6 is 11.6 Å². The number of rotatable bonds is 8. The molecule has 1 N–H and O–H groups in total. The third kappa shape index (κ3) is 5.28. The molecule has 0 radical (unpaired) electrons. The number of benzene rings is 1. The molecule has 2 aromatic heterocycles. The molecule has 3 heterocycles. The standard InChI is InChI=1S/C25H29ClN4O4/c1-15(16-8-6-7-9-18(16)32-5)30-23-17(10-11-21(26)29-23)28-22(24(30)31)27-13-12-19(20-14-33-20)34-25(2,3)4/h6-11,15H,12-14H2,1-5H3,(H,27,28)/b20-19-/t15-/m0/s1. The molecular formula is C25H29ClN4O4. The van der Waals surface area contributed by atoms with Crippen LogP contribution in [0.1, 0.15) is 45.7 Å². The van der Waals surface area contributed by atoms with Crippen LogP contribution in [0.4, 0.5) is 5.82 Å². The van der Waals surface area contributed by atoms with E-state index in [9.17, 15) is 4.79 Å². The molecule has 1 atom stereocenters. The molecule has 0 bridgehead atoms. The minimum Gasteiger partial charge on any atom is -0.496 e. The zero-order valence-corrected chi connectivity index (χ0v) is 20.8. The van der Waals surface area contributed by atoms with Gasteiger partial charge in [-0.3, -0.25) is 9.36 Å². The number of epoxide rings is 1. The van der Waals surface area contributed by atoms with Crippen LogP contribution in [0.5, 0.6) is 5.75 Å². The van der Waals surface area contributed by atoms with Crippen molar-refractivity contribution in [1.82, 2.24) is 14.5 Å². The summed E-state index contributed by atoms with van der Waals surface area (Å²) in [6.45, 7) is 8.93. The van der Waals surface area contributed by atoms with Crippen molar-refractivity contribution >= 4 is 28.6 Å². The molecule has 1 saturated heterocycles. The van der Waals surface area contributed by atoms with E-state index in [0.29, 0.717) is 36.5 Å². The predicted octanol–water partition coefficient (Wildman–Crippen LogP) is 4.92. The number of anilines is 1. The highest BCUT2D eigenvalue weighted by atomic mass is 35.5. The molecule has 1 fully saturated rings. The average Bonchev–Trinajstić information content (AvgIpc) is 3.63. The number of halogens is 1. The zero-order valence-electron chi connectivity index (χ0n) is 20.0. The Balaban J connectivity index is 1.69. The Morgan fingerprint density at radius 2 is 1.97 bits per heavy atom. The second-order valence-electron chi connectivity index (χ2n) is 9.06. The van der Waals surface area contributed by atoms with Gasteiger partial charge in [0.1, 0.15) is 34.4 Å². The zero-order chi connectivity index (χ0) is 24.5. The lowest BCUT2D eigenvalue weighted by molar-refractivity contribution is 0.0449. The maximum absolute atomic E-state index is 13.6. The molecule has 1 aromatic carbocycles. The van der Waals surface area contributed by atoms with Gasteiger partial charge in [0.25, 0.3) is 5.56 Å². The van der Waals surface area contributed by atoms with Crippen LogP contribution in [0.2, 0.25) is 5.15 Å². The minimum absolute atomic E-state index is 0.232. The maximum Gasteiger partial charge on any atom is 0.295 e. The van der Waals surface area contributed by atoms with E-state index < -0.39 is 0 Å². The number of hydrogen-bond donors (Lipinski definition) is 1. The molecular weight excluding hydrogens is 456 g/mol. The molecule has 4 rings (SSSR count). The fourth-order valence-corrected chi connectivity index (χ4v) is 3.94. The first-order valence-corrected chi connectivity index (χ1v) is 11.5. The van der Waals surface area contributed by atoms with Crippen LogP contribution in [0.3, 0.4) is 0 Å². The summed E-state index contributed by atoms with van der Waals surface area (Å²) in [7, 11) is 1.61. The number of ether oxygens (including phenoxy) is 3. The largest absolute Gasteiger partial charge is 0.496 e. The predicted molar refractivity (Wildman–Crippen MR) is 133 cm³/mol. The van der Waals surface area contributed by atoms with E-state index in [1.54, 1.807) is 23.8 Å². The van der Waals surface area contributed by atoms with Crippen molar-refractivity contribution in [3.63, 3.8) is 0 Å². The van der Waals surface area contributed by atoms with Crippen LogP contribution < -0.4 is 15.6 Å². The number of aromatic nitrogens is 3. The monoisotopic (exact) mass is 484 g/mol. The number of nitrogens with zero attached hydrogens (tertiary/aromatic N) is 3. The van der Waals surface area contributed by atoms with E-state index in [2.05, 4.69) is 15.3 Å². The highest BCUT2D eigenvalue weighted by Crippen LogP contribution is 2.30. The summed E-state index contributed by atoms with van der Waals surface area (Å²) in [6.07, 6.45) is 0.562. The Labute approximate surface area is 203 Å². The van der Waals surface area contributed by atoms with Gasteiger partial charge < -0.3 is 19.5 Å². The number of methoxy groups -OCH3 is 1. The summed E-state index contributed by atoms with van der Waals surface area (Å²) < 4.78 is 18.5. The molecule has 34 heavy (non-hydrogen) atoms. The van der Waals surface area contributed by atoms with Crippen molar-refractivity contribution in [3.05, 3.63) is 69.0 Å². The van der Waals surface area contributed by atoms with E-state index in [1.807, 2.05) is 52.0 Å². The normalized spacial score (nSPS) is 15.5. The molecule has 0 saturated carbocycles. The van der Waals surface area contributed by atoms with Crippen LogP contribution in [0, 0.1) is 0 Å². The molecule has 8 nitrogen and oxygen atoms in total. The van der Waals surface area contributed by atoms with E-state index in [4.69, 9.17) is 25.8 Å². The molecule has 180 valence electrons. The molecule has 0 aliphatic carbocycles. The third-order valence-electron chi connectivity index (χ3n) is 5.35. The van der Waals surface area contributed by atoms with Crippen molar-refractivity contribution in [2.45, 2.75) is 45.8 Å². The molecule has 1 aliphatic heterocycles. The van der Waals surface area contributed by atoms with Crippen LogP contribution in [-0.4, -0.2) is 40.4 Å². The Bertz CT molecular complexity index is 1290. The van der Waals surface area contributed by atoms with Crippen molar-refractivity contribution in [2.75, 3.05) is 25.6 Å². The van der Waals surface area contributed by atoms with Gasteiger partial charge in [0.2, 0.25) is 0 Å². The summed E-state index contributed by atoms with van der Waals surface area (Å²) in [6, 6.07) is 10.6. The molecule has 0 unspecified atom stereocenters. The lowest BCUT2D eigenvalue weighted by Crippen LogP contribution is -2.29. The summed E-state index contributed by atoms with van der Waals surface area (Å²) in [4.78, 5) is 22.6. The maximum atomic E-state index is 13.6. The number of nitrogens with one attached hydrogen (secondary N) is 1. The summed E-state index contributed by atoms with van der Waals surface area (Å²) in [5.74, 6) is 2.56. The van der Waals surface area contributed by atoms with Crippen LogP contribution in [0.15, 0.2) is 52.7 Å². The molecule has 0 amide bonds. The smallest absolute Gasteiger partial charge is 0.295 e. The fraction of sp³-hybridized carbons (Fsp3) is 0.400. The van der Waals surface area contributed by atoms with Gasteiger partial charge >= 0.3 is 0 Å². The van der Waals surface area contributed by atoms with Crippen molar-refractivity contribution < 1.29 is 14.2 Å². The van der Waals surface area contributed by atoms with Crippen molar-refractivity contribution in [3.8, 4) is 5.75 Å². The SMILES string of the molecule is COc1ccccc1[C@H](C)n1c(=O)c(NCC/C(OC(C)(C)C)=C2\CO2)nc2ccc(Cl)nc21. The lowest BCUT2D eigenvalue weighted by atomic mass is 10.1. The number of para-hydroxylation sites is 1. The van der Waals surface area contributed by atoms with Crippen molar-refractivity contribution in [1.29, 1.82) is 0 Å². The molecule has 3 aromatic rings. The summed E-state index contributed by atoms with van der Waals surface area (Å²) >= 11 is 6.17. The van der Waals surface area contributed by atoms with Gasteiger partial charge in [0.15, 0.2) is 17.2 Å². The molecule has 9 heteroatoms. The Morgan fingerprint density at radius 3 is 2.65 bits per heavy atom. The van der Waals surface area contributed by atoms with E-state index in [-0.39, 0.29) is 28.2 Å². The summed E-state index contributed by atoms with van der Waals surface area (Å²) in [5.41, 5.74) is 1.19. The first-order valence-electron chi connectivity index (χ1n) is 11.2. The number of fused-ring (bicyclic) bond motifs is 1. The highest BCUT2D eigenvalue weighted by molar-refractivity contribution is 6.29.